The van der Waals surface area contributed by atoms with Crippen LogP contribution in [0.4, 0.5) is 4.39 Å². The fraction of sp³-hybridized carbons (Fsp3) is 0.333. The molecule has 0 heterocycles. The van der Waals surface area contributed by atoms with E-state index in [0.717, 1.165) is 18.5 Å². The molecule has 2 aromatic rings. The van der Waals surface area contributed by atoms with Gasteiger partial charge in [0.2, 0.25) is 0 Å². The second-order valence-corrected chi connectivity index (χ2v) is 5.30. The van der Waals surface area contributed by atoms with Crippen molar-refractivity contribution in [2.24, 2.45) is 0 Å². The number of nitrogens with one attached hydrogen (secondary N) is 1. The molecule has 0 spiro atoms. The molecule has 2 rings (SSSR count). The average molecular weight is 271 g/mol. The highest BCUT2D eigenvalue weighted by molar-refractivity contribution is 5.33. The van der Waals surface area contributed by atoms with E-state index in [2.05, 4.69) is 44.3 Å². The molecule has 0 aromatic heterocycles. The summed E-state index contributed by atoms with van der Waals surface area (Å²) in [5.74, 6) is -0.175. The first-order chi connectivity index (χ1) is 9.60. The molecule has 0 fully saturated rings. The van der Waals surface area contributed by atoms with E-state index in [4.69, 9.17) is 0 Å². The first-order valence-corrected chi connectivity index (χ1v) is 7.15. The van der Waals surface area contributed by atoms with Crippen molar-refractivity contribution in [2.45, 2.75) is 33.2 Å². The van der Waals surface area contributed by atoms with Crippen molar-refractivity contribution in [1.29, 1.82) is 0 Å². The Morgan fingerprint density at radius 3 is 2.60 bits per heavy atom. The van der Waals surface area contributed by atoms with Crippen molar-refractivity contribution >= 4 is 0 Å². The standard InChI is InChI=1S/C18H22FN/c1-4-20-18(15-6-5-7-17(19)11-15)12-16-10-13(2)8-9-14(16)3/h5-11,18,20H,4,12H2,1-3H3. The Morgan fingerprint density at radius 2 is 1.90 bits per heavy atom. The van der Waals surface area contributed by atoms with Gasteiger partial charge in [-0.05, 0) is 55.6 Å². The summed E-state index contributed by atoms with van der Waals surface area (Å²) in [4.78, 5) is 0. The molecular weight excluding hydrogens is 249 g/mol. The van der Waals surface area contributed by atoms with Crippen molar-refractivity contribution in [3.8, 4) is 0 Å². The minimum absolute atomic E-state index is 0.149. The zero-order chi connectivity index (χ0) is 14.5. The van der Waals surface area contributed by atoms with Gasteiger partial charge in [-0.1, -0.05) is 42.8 Å². The SMILES string of the molecule is CCNC(Cc1cc(C)ccc1C)c1cccc(F)c1. The summed E-state index contributed by atoms with van der Waals surface area (Å²) in [6.07, 6.45) is 0.880. The quantitative estimate of drug-likeness (QED) is 0.853. The Balaban J connectivity index is 2.27. The third-order valence-electron chi connectivity index (χ3n) is 3.63. The highest BCUT2D eigenvalue weighted by Crippen LogP contribution is 2.22. The Hall–Kier alpha value is -1.67. The van der Waals surface area contributed by atoms with Gasteiger partial charge in [0.1, 0.15) is 5.82 Å². The van der Waals surface area contributed by atoms with E-state index in [1.165, 1.54) is 22.8 Å². The molecule has 20 heavy (non-hydrogen) atoms. The Morgan fingerprint density at radius 1 is 1.10 bits per heavy atom. The van der Waals surface area contributed by atoms with Crippen molar-refractivity contribution in [3.63, 3.8) is 0 Å². The van der Waals surface area contributed by atoms with E-state index >= 15 is 0 Å². The normalized spacial score (nSPS) is 12.4. The van der Waals surface area contributed by atoms with Crippen LogP contribution in [0.1, 0.15) is 35.2 Å². The van der Waals surface area contributed by atoms with Gasteiger partial charge in [-0.15, -0.1) is 0 Å². The highest BCUT2D eigenvalue weighted by atomic mass is 19.1. The third kappa shape index (κ3) is 3.67. The van der Waals surface area contributed by atoms with E-state index in [1.807, 2.05) is 6.07 Å². The van der Waals surface area contributed by atoms with Crippen LogP contribution in [0.2, 0.25) is 0 Å². The summed E-state index contributed by atoms with van der Waals surface area (Å²) in [6.45, 7) is 7.18. The summed E-state index contributed by atoms with van der Waals surface area (Å²) in [7, 11) is 0. The third-order valence-corrected chi connectivity index (χ3v) is 3.63. The molecule has 1 N–H and O–H groups in total. The van der Waals surface area contributed by atoms with Gasteiger partial charge in [-0.2, -0.15) is 0 Å². The summed E-state index contributed by atoms with van der Waals surface area (Å²) in [5.41, 5.74) is 4.88. The lowest BCUT2D eigenvalue weighted by molar-refractivity contribution is 0.541. The van der Waals surface area contributed by atoms with E-state index in [1.54, 1.807) is 12.1 Å². The molecule has 0 aliphatic rings. The van der Waals surface area contributed by atoms with Gasteiger partial charge in [-0.25, -0.2) is 4.39 Å². The monoisotopic (exact) mass is 271 g/mol. The van der Waals surface area contributed by atoms with E-state index in [9.17, 15) is 4.39 Å². The van der Waals surface area contributed by atoms with Gasteiger partial charge in [0.05, 0.1) is 0 Å². The van der Waals surface area contributed by atoms with Crippen molar-refractivity contribution in [2.75, 3.05) is 6.54 Å². The fourth-order valence-electron chi connectivity index (χ4n) is 2.52. The van der Waals surface area contributed by atoms with Crippen LogP contribution in [0, 0.1) is 19.7 Å². The van der Waals surface area contributed by atoms with Crippen LogP contribution in [0.15, 0.2) is 42.5 Å². The number of hydrogen-bond acceptors (Lipinski definition) is 1. The van der Waals surface area contributed by atoms with Crippen molar-refractivity contribution in [3.05, 3.63) is 70.5 Å². The first-order valence-electron chi connectivity index (χ1n) is 7.15. The first kappa shape index (κ1) is 14.7. The zero-order valence-corrected chi connectivity index (χ0v) is 12.4. The van der Waals surface area contributed by atoms with Crippen molar-refractivity contribution < 1.29 is 4.39 Å². The van der Waals surface area contributed by atoms with Crippen LogP contribution in [0.5, 0.6) is 0 Å². The number of rotatable bonds is 5. The largest absolute Gasteiger partial charge is 0.310 e. The van der Waals surface area contributed by atoms with Gasteiger partial charge in [0.25, 0.3) is 0 Å². The molecule has 0 aliphatic carbocycles. The molecule has 2 aromatic carbocycles. The van der Waals surface area contributed by atoms with Crippen LogP contribution in [0.25, 0.3) is 0 Å². The van der Waals surface area contributed by atoms with Gasteiger partial charge in [-0.3, -0.25) is 0 Å². The van der Waals surface area contributed by atoms with Gasteiger partial charge < -0.3 is 5.32 Å². The van der Waals surface area contributed by atoms with Crippen LogP contribution in [-0.2, 0) is 6.42 Å². The maximum absolute atomic E-state index is 13.4. The highest BCUT2D eigenvalue weighted by Gasteiger charge is 2.13. The lowest BCUT2D eigenvalue weighted by Crippen LogP contribution is -2.23. The predicted molar refractivity (Wildman–Crippen MR) is 82.4 cm³/mol. The number of likely N-dealkylation sites (N-methyl/N-ethyl adjacent to an activating group) is 1. The Kier molecular flexibility index (Phi) is 4.91. The van der Waals surface area contributed by atoms with E-state index < -0.39 is 0 Å². The molecule has 1 nitrogen and oxygen atoms in total. The number of hydrogen-bond donors (Lipinski definition) is 1. The Labute approximate surface area is 120 Å². The molecule has 106 valence electrons. The minimum Gasteiger partial charge on any atom is -0.310 e. The Bertz CT molecular complexity index is 577. The minimum atomic E-state index is -0.175. The maximum Gasteiger partial charge on any atom is 0.123 e. The van der Waals surface area contributed by atoms with E-state index in [0.29, 0.717) is 0 Å². The van der Waals surface area contributed by atoms with Crippen LogP contribution >= 0.6 is 0 Å². The maximum atomic E-state index is 13.4. The topological polar surface area (TPSA) is 12.0 Å². The predicted octanol–water partition coefficient (Wildman–Crippen LogP) is 4.34. The summed E-state index contributed by atoms with van der Waals surface area (Å²) < 4.78 is 13.4. The second kappa shape index (κ2) is 6.67. The number of halogens is 1. The van der Waals surface area contributed by atoms with Crippen LogP contribution < -0.4 is 5.32 Å². The van der Waals surface area contributed by atoms with Crippen LogP contribution in [0.3, 0.4) is 0 Å². The summed E-state index contributed by atoms with van der Waals surface area (Å²) in [5, 5.41) is 3.45. The molecule has 0 aliphatic heterocycles. The lowest BCUT2D eigenvalue weighted by atomic mass is 9.95. The van der Waals surface area contributed by atoms with Gasteiger partial charge in [0, 0.05) is 6.04 Å². The number of benzene rings is 2. The molecule has 0 amide bonds. The molecule has 1 unspecified atom stereocenters. The zero-order valence-electron chi connectivity index (χ0n) is 12.4. The van der Waals surface area contributed by atoms with Gasteiger partial charge >= 0.3 is 0 Å². The average Bonchev–Trinajstić information content (AvgIpc) is 2.42. The molecule has 0 radical (unpaired) electrons. The molecule has 2 heteroatoms. The molecule has 1 atom stereocenters. The summed E-state index contributed by atoms with van der Waals surface area (Å²) >= 11 is 0. The number of aryl methyl sites for hydroxylation is 2. The molecule has 0 saturated heterocycles. The molecular formula is C18H22FN. The second-order valence-electron chi connectivity index (χ2n) is 5.30. The fourth-order valence-corrected chi connectivity index (χ4v) is 2.52. The summed E-state index contributed by atoms with van der Waals surface area (Å²) in [6, 6.07) is 13.5. The van der Waals surface area contributed by atoms with Crippen molar-refractivity contribution in [1.82, 2.24) is 5.32 Å². The van der Waals surface area contributed by atoms with Gasteiger partial charge in [0.15, 0.2) is 0 Å². The van der Waals surface area contributed by atoms with Crippen LogP contribution in [-0.4, -0.2) is 6.54 Å². The van der Waals surface area contributed by atoms with E-state index in [-0.39, 0.29) is 11.9 Å². The smallest absolute Gasteiger partial charge is 0.123 e. The molecule has 0 bridgehead atoms. The lowest BCUT2D eigenvalue weighted by Gasteiger charge is -2.20. The molecule has 0 saturated carbocycles.